The smallest absolute Gasteiger partial charge is 0.0175 e. The monoisotopic (exact) mass is 271 g/mol. The van der Waals surface area contributed by atoms with E-state index in [4.69, 9.17) is 4.78 Å². The van der Waals surface area contributed by atoms with Crippen molar-refractivity contribution in [2.45, 2.75) is 18.8 Å². The van der Waals surface area contributed by atoms with Gasteiger partial charge in [0, 0.05) is 16.0 Å². The Labute approximate surface area is 95.9 Å². The van der Waals surface area contributed by atoms with Crippen LogP contribution in [0.4, 0.5) is 0 Å². The second-order valence-electron chi connectivity index (χ2n) is 3.73. The first-order valence-corrected chi connectivity index (χ1v) is 7.25. The van der Waals surface area contributed by atoms with E-state index in [-0.39, 0.29) is 10.7 Å². The van der Waals surface area contributed by atoms with E-state index in [0.29, 0.717) is 5.92 Å². The molecule has 1 aliphatic rings. The summed E-state index contributed by atoms with van der Waals surface area (Å²) in [5.74, 6) is 2.90. The van der Waals surface area contributed by atoms with Crippen LogP contribution in [0.15, 0.2) is 28.7 Å². The standard InChI is InChI=1S/C11H14BrNS/c12-11-3-1-9(2-4-11)10-5-7-14(13)8-6-10/h1-4,10,13H,5-8H2. The zero-order chi connectivity index (χ0) is 9.97. The van der Waals surface area contributed by atoms with Gasteiger partial charge >= 0.3 is 0 Å². The van der Waals surface area contributed by atoms with Gasteiger partial charge in [-0.1, -0.05) is 28.1 Å². The molecule has 14 heavy (non-hydrogen) atoms. The van der Waals surface area contributed by atoms with E-state index in [1.807, 2.05) is 0 Å². The minimum Gasteiger partial charge on any atom is -0.280 e. The average Bonchev–Trinajstić information content (AvgIpc) is 2.21. The zero-order valence-corrected chi connectivity index (χ0v) is 10.4. The molecule has 1 nitrogen and oxygen atoms in total. The van der Waals surface area contributed by atoms with Crippen molar-refractivity contribution in [3.8, 4) is 0 Å². The molecule has 0 aliphatic carbocycles. The van der Waals surface area contributed by atoms with Gasteiger partial charge in [-0.25, -0.2) is 0 Å². The molecule has 0 saturated carbocycles. The highest BCUT2D eigenvalue weighted by molar-refractivity contribution is 9.10. The molecule has 0 spiro atoms. The van der Waals surface area contributed by atoms with Crippen molar-refractivity contribution in [2.24, 2.45) is 0 Å². The van der Waals surface area contributed by atoms with Crippen LogP contribution in [-0.4, -0.2) is 11.5 Å². The number of rotatable bonds is 1. The highest BCUT2D eigenvalue weighted by atomic mass is 79.9. The summed E-state index contributed by atoms with van der Waals surface area (Å²) in [4.78, 5) is 0. The van der Waals surface area contributed by atoms with E-state index in [9.17, 15) is 0 Å². The van der Waals surface area contributed by atoms with Gasteiger partial charge in [0.25, 0.3) is 0 Å². The van der Waals surface area contributed by atoms with Gasteiger partial charge in [0.05, 0.1) is 0 Å². The quantitative estimate of drug-likeness (QED) is 0.806. The summed E-state index contributed by atoms with van der Waals surface area (Å²) in [5.41, 5.74) is 1.45. The zero-order valence-electron chi connectivity index (χ0n) is 8.00. The maximum absolute atomic E-state index is 7.68. The lowest BCUT2D eigenvalue weighted by Gasteiger charge is -2.23. The Hall–Kier alpha value is -0.150. The van der Waals surface area contributed by atoms with Crippen molar-refractivity contribution < 1.29 is 0 Å². The fourth-order valence-corrected chi connectivity index (χ4v) is 3.49. The molecule has 1 fully saturated rings. The van der Waals surface area contributed by atoms with Crippen molar-refractivity contribution in [3.05, 3.63) is 34.3 Å². The van der Waals surface area contributed by atoms with E-state index in [0.717, 1.165) is 16.0 Å². The number of nitrogens with one attached hydrogen (secondary N) is 1. The molecule has 76 valence electrons. The second-order valence-corrected chi connectivity index (χ2v) is 6.44. The van der Waals surface area contributed by atoms with Crippen LogP contribution < -0.4 is 0 Å². The van der Waals surface area contributed by atoms with Gasteiger partial charge in [0.1, 0.15) is 0 Å². The molecule has 0 amide bonds. The molecular weight excluding hydrogens is 258 g/mol. The molecule has 1 aliphatic heterocycles. The molecule has 0 radical (unpaired) electrons. The fraction of sp³-hybridized carbons (Fsp3) is 0.455. The Bertz CT molecular complexity index is 324. The van der Waals surface area contributed by atoms with Crippen molar-refractivity contribution in [2.75, 3.05) is 11.5 Å². The molecule has 0 unspecified atom stereocenters. The Morgan fingerprint density at radius 3 is 2.29 bits per heavy atom. The highest BCUT2D eigenvalue weighted by Gasteiger charge is 2.17. The van der Waals surface area contributed by atoms with Gasteiger partial charge in [-0.05, 0) is 36.5 Å². The third-order valence-corrected chi connectivity index (χ3v) is 4.75. The molecule has 2 rings (SSSR count). The van der Waals surface area contributed by atoms with E-state index < -0.39 is 0 Å². The van der Waals surface area contributed by atoms with Crippen LogP contribution in [0, 0.1) is 4.78 Å². The molecule has 1 N–H and O–H groups in total. The summed E-state index contributed by atoms with van der Waals surface area (Å²) < 4.78 is 8.83. The summed E-state index contributed by atoms with van der Waals surface area (Å²) in [5, 5.41) is 0. The van der Waals surface area contributed by atoms with E-state index in [1.165, 1.54) is 18.4 Å². The Balaban J connectivity index is 2.08. The molecular formula is C11H14BrNS. The third-order valence-electron chi connectivity index (χ3n) is 2.77. The predicted octanol–water partition coefficient (Wildman–Crippen LogP) is 3.71. The van der Waals surface area contributed by atoms with Crippen molar-refractivity contribution in [1.29, 1.82) is 4.78 Å². The third kappa shape index (κ3) is 2.45. The van der Waals surface area contributed by atoms with Crippen molar-refractivity contribution in [3.63, 3.8) is 0 Å². The van der Waals surface area contributed by atoms with Crippen LogP contribution in [0.25, 0.3) is 0 Å². The molecule has 1 aromatic rings. The summed E-state index contributed by atoms with van der Waals surface area (Å²) >= 11 is 3.45. The SMILES string of the molecule is N=S1CCC(c2ccc(Br)cc2)CC1. The topological polar surface area (TPSA) is 23.9 Å². The van der Waals surface area contributed by atoms with Crippen LogP contribution in [-0.2, 0) is 10.7 Å². The predicted molar refractivity (Wildman–Crippen MR) is 65.9 cm³/mol. The van der Waals surface area contributed by atoms with Crippen molar-refractivity contribution in [1.82, 2.24) is 0 Å². The van der Waals surface area contributed by atoms with Gasteiger partial charge in [-0.2, -0.15) is 0 Å². The average molecular weight is 272 g/mol. The molecule has 1 saturated heterocycles. The summed E-state index contributed by atoms with van der Waals surface area (Å²) in [6.45, 7) is 0. The van der Waals surface area contributed by atoms with Crippen LogP contribution >= 0.6 is 15.9 Å². The first-order valence-electron chi connectivity index (χ1n) is 4.90. The van der Waals surface area contributed by atoms with Crippen LogP contribution in [0.3, 0.4) is 0 Å². The molecule has 1 aromatic carbocycles. The number of hydrogen-bond donors (Lipinski definition) is 1. The minimum absolute atomic E-state index is 0.0483. The lowest BCUT2D eigenvalue weighted by atomic mass is 9.94. The molecule has 0 aromatic heterocycles. The fourth-order valence-electron chi connectivity index (χ4n) is 1.88. The van der Waals surface area contributed by atoms with Gasteiger partial charge in [-0.15, -0.1) is 10.7 Å². The Morgan fingerprint density at radius 1 is 1.14 bits per heavy atom. The summed E-state index contributed by atoms with van der Waals surface area (Å²) in [7, 11) is -0.0483. The van der Waals surface area contributed by atoms with Crippen LogP contribution in [0.1, 0.15) is 24.3 Å². The first-order chi connectivity index (χ1) is 6.75. The van der Waals surface area contributed by atoms with Crippen molar-refractivity contribution >= 4 is 26.6 Å². The number of hydrogen-bond acceptors (Lipinski definition) is 1. The first kappa shape index (κ1) is 10.4. The van der Waals surface area contributed by atoms with E-state index >= 15 is 0 Å². The minimum atomic E-state index is -0.0483. The second kappa shape index (κ2) is 4.58. The number of benzene rings is 1. The van der Waals surface area contributed by atoms with Crippen LogP contribution in [0.2, 0.25) is 0 Å². The highest BCUT2D eigenvalue weighted by Crippen LogP contribution is 2.28. The molecule has 1 heterocycles. The van der Waals surface area contributed by atoms with E-state index in [1.54, 1.807) is 0 Å². The number of halogens is 1. The molecule has 0 atom stereocenters. The summed E-state index contributed by atoms with van der Waals surface area (Å²) in [6, 6.07) is 8.65. The maximum Gasteiger partial charge on any atom is 0.0175 e. The Kier molecular flexibility index (Phi) is 3.39. The van der Waals surface area contributed by atoms with Gasteiger partial charge in [0.15, 0.2) is 0 Å². The van der Waals surface area contributed by atoms with Gasteiger partial charge in [-0.3, -0.25) is 4.78 Å². The maximum atomic E-state index is 7.68. The largest absolute Gasteiger partial charge is 0.280 e. The normalized spacial score (nSPS) is 27.5. The van der Waals surface area contributed by atoms with E-state index in [2.05, 4.69) is 40.2 Å². The molecule has 3 heteroatoms. The Morgan fingerprint density at radius 2 is 1.71 bits per heavy atom. The van der Waals surface area contributed by atoms with Crippen LogP contribution in [0.5, 0.6) is 0 Å². The summed E-state index contributed by atoms with van der Waals surface area (Å²) in [6.07, 6.45) is 2.41. The molecule has 0 bridgehead atoms. The lowest BCUT2D eigenvalue weighted by molar-refractivity contribution is 0.633. The van der Waals surface area contributed by atoms with Gasteiger partial charge in [0.2, 0.25) is 0 Å². The van der Waals surface area contributed by atoms with Gasteiger partial charge < -0.3 is 0 Å². The lowest BCUT2D eigenvalue weighted by Crippen LogP contribution is -2.16.